The quantitative estimate of drug-likeness (QED) is 0.450. The van der Waals surface area contributed by atoms with Crippen LogP contribution in [-0.2, 0) is 22.6 Å². The van der Waals surface area contributed by atoms with E-state index in [0.717, 1.165) is 26.7 Å². The summed E-state index contributed by atoms with van der Waals surface area (Å²) in [5.74, 6) is 0.208. The Kier molecular flexibility index (Phi) is 8.66. The van der Waals surface area contributed by atoms with Gasteiger partial charge in [-0.3, -0.25) is 9.59 Å². The van der Waals surface area contributed by atoms with E-state index in [2.05, 4.69) is 21.2 Å². The maximum absolute atomic E-state index is 13.5. The van der Waals surface area contributed by atoms with Crippen LogP contribution in [-0.4, -0.2) is 36.4 Å². The lowest BCUT2D eigenvalue weighted by Crippen LogP contribution is -2.51. The number of nitrogens with one attached hydrogen (secondary N) is 1. The van der Waals surface area contributed by atoms with Gasteiger partial charge in [0.25, 0.3) is 5.91 Å². The molecule has 0 radical (unpaired) electrons. The van der Waals surface area contributed by atoms with E-state index in [1.165, 1.54) is 0 Å². The lowest BCUT2D eigenvalue weighted by atomic mass is 10.0. The molecule has 3 aromatic carbocycles. The number of hydrogen-bond donors (Lipinski definition) is 1. The fraction of sp³-hybridized carbons (Fsp3) is 0.259. The number of nitrogens with zero attached hydrogens (tertiary/aromatic N) is 1. The van der Waals surface area contributed by atoms with Gasteiger partial charge in [-0.1, -0.05) is 70.5 Å². The van der Waals surface area contributed by atoms with Gasteiger partial charge in [-0.2, -0.15) is 0 Å². The average Bonchev–Trinajstić information content (AvgIpc) is 2.82. The van der Waals surface area contributed by atoms with E-state index < -0.39 is 6.04 Å². The number of carbonyl (C=O) groups is 2. The van der Waals surface area contributed by atoms with Crippen LogP contribution in [0.25, 0.3) is 0 Å². The van der Waals surface area contributed by atoms with Crippen LogP contribution in [0, 0.1) is 13.8 Å². The fourth-order valence-electron chi connectivity index (χ4n) is 3.66. The molecule has 172 valence electrons. The number of benzene rings is 3. The second kappa shape index (κ2) is 11.7. The topological polar surface area (TPSA) is 58.6 Å². The Labute approximate surface area is 203 Å². The lowest BCUT2D eigenvalue weighted by molar-refractivity contribution is -0.142. The zero-order valence-corrected chi connectivity index (χ0v) is 20.8. The van der Waals surface area contributed by atoms with Crippen molar-refractivity contribution in [1.29, 1.82) is 0 Å². The first-order valence-corrected chi connectivity index (χ1v) is 11.7. The molecule has 0 saturated heterocycles. The Morgan fingerprint density at radius 2 is 1.67 bits per heavy atom. The first-order valence-electron chi connectivity index (χ1n) is 10.9. The summed E-state index contributed by atoms with van der Waals surface area (Å²) in [5.41, 5.74) is 3.99. The van der Waals surface area contributed by atoms with Crippen LogP contribution in [0.5, 0.6) is 5.75 Å². The summed E-state index contributed by atoms with van der Waals surface area (Å²) < 4.78 is 6.82. The Balaban J connectivity index is 1.89. The lowest BCUT2D eigenvalue weighted by Gasteiger charge is -2.31. The highest BCUT2D eigenvalue weighted by Gasteiger charge is 2.30. The van der Waals surface area contributed by atoms with Gasteiger partial charge in [0.05, 0.1) is 0 Å². The smallest absolute Gasteiger partial charge is 0.261 e. The normalized spacial score (nSPS) is 11.5. The van der Waals surface area contributed by atoms with Crippen molar-refractivity contribution >= 4 is 27.7 Å². The van der Waals surface area contributed by atoms with Gasteiger partial charge in [0, 0.05) is 24.5 Å². The molecule has 0 aliphatic carbocycles. The molecular weight excluding hydrogens is 480 g/mol. The molecule has 0 saturated carbocycles. The number of carbonyl (C=O) groups excluding carboxylic acids is 2. The summed E-state index contributed by atoms with van der Waals surface area (Å²) >= 11 is 3.49. The summed E-state index contributed by atoms with van der Waals surface area (Å²) in [6.45, 7) is 4.11. The van der Waals surface area contributed by atoms with Gasteiger partial charge in [0.15, 0.2) is 6.61 Å². The van der Waals surface area contributed by atoms with E-state index in [1.807, 2.05) is 86.6 Å². The van der Waals surface area contributed by atoms with Crippen LogP contribution in [0.2, 0.25) is 0 Å². The molecule has 5 nitrogen and oxygen atoms in total. The predicted molar refractivity (Wildman–Crippen MR) is 134 cm³/mol. The predicted octanol–water partition coefficient (Wildman–Crippen LogP) is 4.83. The van der Waals surface area contributed by atoms with Gasteiger partial charge < -0.3 is 15.0 Å². The van der Waals surface area contributed by atoms with E-state index in [0.29, 0.717) is 18.7 Å². The highest BCUT2D eigenvalue weighted by atomic mass is 79.9. The maximum atomic E-state index is 13.5. The molecular formula is C27H29BrN2O3. The second-order valence-electron chi connectivity index (χ2n) is 7.96. The van der Waals surface area contributed by atoms with Crippen molar-refractivity contribution in [2.24, 2.45) is 0 Å². The number of ether oxygens (including phenoxy) is 1. The number of halogens is 1. The largest absolute Gasteiger partial charge is 0.483 e. The van der Waals surface area contributed by atoms with E-state index in [-0.39, 0.29) is 18.4 Å². The number of rotatable bonds is 9. The monoisotopic (exact) mass is 508 g/mol. The molecule has 6 heteroatoms. The van der Waals surface area contributed by atoms with Crippen molar-refractivity contribution in [1.82, 2.24) is 10.2 Å². The van der Waals surface area contributed by atoms with Crippen LogP contribution < -0.4 is 10.1 Å². The molecule has 0 spiro atoms. The standard InChI is InChI=1S/C27H29BrN2O3/c1-19-9-7-14-25(20(19)2)33-18-26(31)30(17-22-12-8-13-23(28)15-22)24(27(32)29-3)16-21-10-5-4-6-11-21/h4-15,24H,16-18H2,1-3H3,(H,29,32). The summed E-state index contributed by atoms with van der Waals surface area (Å²) in [6, 6.07) is 22.6. The zero-order chi connectivity index (χ0) is 23.8. The second-order valence-corrected chi connectivity index (χ2v) is 8.87. The SMILES string of the molecule is CNC(=O)C(Cc1ccccc1)N(Cc1cccc(Br)c1)C(=O)COc1cccc(C)c1C. The number of likely N-dealkylation sites (N-methyl/N-ethyl adjacent to an activating group) is 1. The Hall–Kier alpha value is -3.12. The number of amides is 2. The highest BCUT2D eigenvalue weighted by Crippen LogP contribution is 2.22. The maximum Gasteiger partial charge on any atom is 0.261 e. The minimum Gasteiger partial charge on any atom is -0.483 e. The van der Waals surface area contributed by atoms with Gasteiger partial charge in [0.1, 0.15) is 11.8 Å². The van der Waals surface area contributed by atoms with Crippen LogP contribution in [0.4, 0.5) is 0 Å². The molecule has 1 atom stereocenters. The number of hydrogen-bond acceptors (Lipinski definition) is 3. The summed E-state index contributed by atoms with van der Waals surface area (Å²) in [4.78, 5) is 28.0. The molecule has 0 aromatic heterocycles. The molecule has 0 fully saturated rings. The minimum atomic E-state index is -0.675. The molecule has 33 heavy (non-hydrogen) atoms. The Bertz CT molecular complexity index is 1100. The van der Waals surface area contributed by atoms with Gasteiger partial charge in [0.2, 0.25) is 5.91 Å². The molecule has 0 aliphatic heterocycles. The van der Waals surface area contributed by atoms with Crippen LogP contribution >= 0.6 is 15.9 Å². The van der Waals surface area contributed by atoms with E-state index in [4.69, 9.17) is 4.74 Å². The third kappa shape index (κ3) is 6.68. The van der Waals surface area contributed by atoms with Gasteiger partial charge in [-0.15, -0.1) is 0 Å². The molecule has 0 aliphatic rings. The summed E-state index contributed by atoms with van der Waals surface area (Å²) in [7, 11) is 1.59. The van der Waals surface area contributed by atoms with Crippen molar-refractivity contribution in [3.8, 4) is 5.75 Å². The molecule has 0 bridgehead atoms. The van der Waals surface area contributed by atoms with Crippen LogP contribution in [0.3, 0.4) is 0 Å². The minimum absolute atomic E-state index is 0.152. The van der Waals surface area contributed by atoms with Gasteiger partial charge >= 0.3 is 0 Å². The third-order valence-corrected chi connectivity index (χ3v) is 6.16. The first kappa shape index (κ1) is 24.5. The van der Waals surface area contributed by atoms with Crippen molar-refractivity contribution < 1.29 is 14.3 Å². The summed E-state index contributed by atoms with van der Waals surface area (Å²) in [5, 5.41) is 2.73. The summed E-state index contributed by atoms with van der Waals surface area (Å²) in [6.07, 6.45) is 0.406. The van der Waals surface area contributed by atoms with Gasteiger partial charge in [-0.25, -0.2) is 0 Å². The van der Waals surface area contributed by atoms with Crippen LogP contribution in [0.15, 0.2) is 77.3 Å². The zero-order valence-electron chi connectivity index (χ0n) is 19.2. The molecule has 1 N–H and O–H groups in total. The fourth-order valence-corrected chi connectivity index (χ4v) is 4.10. The van der Waals surface area contributed by atoms with E-state index >= 15 is 0 Å². The van der Waals surface area contributed by atoms with Gasteiger partial charge in [-0.05, 0) is 54.3 Å². The number of aryl methyl sites for hydroxylation is 1. The highest BCUT2D eigenvalue weighted by molar-refractivity contribution is 9.10. The van der Waals surface area contributed by atoms with Crippen molar-refractivity contribution in [2.45, 2.75) is 32.9 Å². The molecule has 0 heterocycles. The van der Waals surface area contributed by atoms with Crippen molar-refractivity contribution in [3.63, 3.8) is 0 Å². The van der Waals surface area contributed by atoms with Crippen molar-refractivity contribution in [3.05, 3.63) is 99.5 Å². The van der Waals surface area contributed by atoms with E-state index in [1.54, 1.807) is 11.9 Å². The first-order chi connectivity index (χ1) is 15.9. The average molecular weight is 509 g/mol. The van der Waals surface area contributed by atoms with Crippen LogP contribution in [0.1, 0.15) is 22.3 Å². The molecule has 1 unspecified atom stereocenters. The third-order valence-electron chi connectivity index (χ3n) is 5.67. The molecule has 2 amide bonds. The Morgan fingerprint density at radius 3 is 2.36 bits per heavy atom. The van der Waals surface area contributed by atoms with Crippen molar-refractivity contribution in [2.75, 3.05) is 13.7 Å². The molecule has 3 aromatic rings. The molecule has 3 rings (SSSR count). The Morgan fingerprint density at radius 1 is 0.970 bits per heavy atom. The van der Waals surface area contributed by atoms with E-state index in [9.17, 15) is 9.59 Å².